The van der Waals surface area contributed by atoms with Gasteiger partial charge in [-0.2, -0.15) is 0 Å². The number of aliphatic hydroxyl groups excluding tert-OH is 1. The summed E-state index contributed by atoms with van der Waals surface area (Å²) in [6.07, 6.45) is 3.80. The summed E-state index contributed by atoms with van der Waals surface area (Å²) in [5, 5.41) is 23.3. The van der Waals surface area contributed by atoms with Crippen LogP contribution in [-0.4, -0.2) is 226 Å². The van der Waals surface area contributed by atoms with Crippen LogP contribution in [0.4, 0.5) is 0 Å². The normalized spacial score (nSPS) is 28.0. The second-order valence-corrected chi connectivity index (χ2v) is 27.0. The quantitative estimate of drug-likeness (QED) is 0.147. The molecule has 0 saturated carbocycles. The lowest BCUT2D eigenvalue weighted by Gasteiger charge is -2.41. The number of hydrogen-bond acceptors (Lipinski definition) is 12. The molecule has 0 aliphatic carbocycles. The Morgan fingerprint density at radius 3 is 1.36 bits per heavy atom. The van der Waals surface area contributed by atoms with Crippen molar-refractivity contribution in [1.82, 2.24) is 55.6 Å². The van der Waals surface area contributed by atoms with Crippen LogP contribution >= 0.6 is 0 Å². The van der Waals surface area contributed by atoms with Crippen molar-refractivity contribution >= 4 is 65.0 Å². The molecule has 0 spiro atoms. The van der Waals surface area contributed by atoms with Crippen LogP contribution < -0.4 is 21.3 Å². The molecule has 2 aliphatic heterocycles. The molecule has 2 aliphatic rings. The van der Waals surface area contributed by atoms with Crippen molar-refractivity contribution in [3.05, 3.63) is 12.2 Å². The zero-order valence-electron chi connectivity index (χ0n) is 57.1. The molecule has 11 amide bonds. The van der Waals surface area contributed by atoms with E-state index in [4.69, 9.17) is 0 Å². The van der Waals surface area contributed by atoms with Crippen LogP contribution in [-0.2, 0) is 52.7 Å². The first kappa shape index (κ1) is 77.0. The van der Waals surface area contributed by atoms with Gasteiger partial charge in [-0.15, -0.1) is 0 Å². The highest BCUT2D eigenvalue weighted by Crippen LogP contribution is 2.27. The molecule has 0 aromatic rings. The Balaban J connectivity index is 3.01. The highest BCUT2D eigenvalue weighted by atomic mass is 16.3. The highest BCUT2D eigenvalue weighted by Gasteiger charge is 2.47. The maximum atomic E-state index is 15.2. The van der Waals surface area contributed by atoms with Gasteiger partial charge in [-0.1, -0.05) is 109 Å². The SMILES string of the molecule is C/C=C/C[C@@H](C)[C@@H](O)[C@H]1C(=O)N[C@@H](CC)C(=O)N2CCC[C@@H]2C(=O)N(C)[C@@H](CC(C)C)C(=O)N[C@@H](C(C)C)C(=O)N(C)[C@@H](CC(C)C)C(=O)N[C@@H](C)C(=O)N[C@H](C)C(=O)N(C)[C@@H](CC(C)C)C(=O)N(C)[C@@H](CC(C)C)C(=O)N(C)[C@@H](C(C)C)C(=O)N1C. The summed E-state index contributed by atoms with van der Waals surface area (Å²) >= 11 is 0. The van der Waals surface area contributed by atoms with E-state index in [2.05, 4.69) is 21.3 Å². The number of likely N-dealkylation sites (N-methyl/N-ethyl adjacent to an activating group) is 6. The fraction of sp³-hybridized carbons (Fsp3) is 0.797. The molecule has 0 bridgehead atoms. The van der Waals surface area contributed by atoms with E-state index in [1.807, 2.05) is 68.4 Å². The first-order valence-corrected chi connectivity index (χ1v) is 31.7. The molecule has 23 heteroatoms. The van der Waals surface area contributed by atoms with Gasteiger partial charge in [0.1, 0.15) is 66.5 Å². The minimum atomic E-state index is -1.60. The van der Waals surface area contributed by atoms with Gasteiger partial charge in [-0.25, -0.2) is 0 Å². The average molecular weight is 1230 g/mol. The Morgan fingerprint density at radius 1 is 0.471 bits per heavy atom. The van der Waals surface area contributed by atoms with Crippen molar-refractivity contribution in [1.29, 1.82) is 0 Å². The van der Waals surface area contributed by atoms with Crippen molar-refractivity contribution in [3.8, 4) is 0 Å². The van der Waals surface area contributed by atoms with Crippen LogP contribution in [0.2, 0.25) is 0 Å². The minimum absolute atomic E-state index is 0.0495. The molecule has 2 fully saturated rings. The Bertz CT molecular complexity index is 2410. The van der Waals surface area contributed by atoms with E-state index < -0.39 is 155 Å². The number of nitrogens with one attached hydrogen (secondary N) is 4. The van der Waals surface area contributed by atoms with Gasteiger partial charge in [-0.3, -0.25) is 52.7 Å². The predicted octanol–water partition coefficient (Wildman–Crippen LogP) is 3.80. The van der Waals surface area contributed by atoms with Gasteiger partial charge >= 0.3 is 0 Å². The van der Waals surface area contributed by atoms with E-state index in [1.54, 1.807) is 47.6 Å². The predicted molar refractivity (Wildman–Crippen MR) is 336 cm³/mol. The summed E-state index contributed by atoms with van der Waals surface area (Å²) in [6, 6.07) is -13.3. The van der Waals surface area contributed by atoms with Crippen LogP contribution in [0, 0.1) is 41.4 Å². The van der Waals surface area contributed by atoms with E-state index in [-0.39, 0.29) is 68.7 Å². The lowest BCUT2D eigenvalue weighted by molar-refractivity contribution is -0.157. The Morgan fingerprint density at radius 2 is 0.897 bits per heavy atom. The molecule has 0 radical (unpaired) electrons. The third kappa shape index (κ3) is 20.5. The molecular formula is C64H113N11O12. The van der Waals surface area contributed by atoms with E-state index in [9.17, 15) is 48.3 Å². The van der Waals surface area contributed by atoms with E-state index in [0.29, 0.717) is 12.8 Å². The molecule has 2 rings (SSSR count). The molecule has 496 valence electrons. The number of rotatable bonds is 15. The molecule has 2 heterocycles. The molecular weight excluding hydrogens is 1110 g/mol. The van der Waals surface area contributed by atoms with Crippen LogP contribution in [0.25, 0.3) is 0 Å². The first-order chi connectivity index (χ1) is 40.3. The second-order valence-electron chi connectivity index (χ2n) is 27.0. The minimum Gasteiger partial charge on any atom is -0.390 e. The van der Waals surface area contributed by atoms with Crippen molar-refractivity contribution in [3.63, 3.8) is 0 Å². The van der Waals surface area contributed by atoms with Gasteiger partial charge in [0.25, 0.3) is 0 Å². The summed E-state index contributed by atoms with van der Waals surface area (Å²) in [6.45, 7) is 30.2. The maximum absolute atomic E-state index is 15.2. The molecule has 87 heavy (non-hydrogen) atoms. The van der Waals surface area contributed by atoms with Crippen LogP contribution in [0.1, 0.15) is 169 Å². The first-order valence-electron chi connectivity index (χ1n) is 31.7. The Kier molecular flexibility index (Phi) is 30.6. The molecule has 0 aromatic heterocycles. The molecule has 13 atom stereocenters. The number of fused-ring (bicyclic) bond motifs is 1. The second kappa shape index (κ2) is 34.6. The molecule has 0 aromatic carbocycles. The topological polar surface area (TPSA) is 279 Å². The number of hydrogen-bond donors (Lipinski definition) is 5. The van der Waals surface area contributed by atoms with Gasteiger partial charge in [-0.05, 0) is 114 Å². The number of carbonyl (C=O) groups is 11. The lowest BCUT2D eigenvalue weighted by atomic mass is 9.91. The zero-order chi connectivity index (χ0) is 67.0. The lowest BCUT2D eigenvalue weighted by Crippen LogP contribution is -2.64. The largest absolute Gasteiger partial charge is 0.390 e. The van der Waals surface area contributed by atoms with Crippen molar-refractivity contribution in [2.24, 2.45) is 41.4 Å². The molecule has 2 saturated heterocycles. The summed E-state index contributed by atoms with van der Waals surface area (Å²) in [5.41, 5.74) is 0. The maximum Gasteiger partial charge on any atom is 0.246 e. The third-order valence-electron chi connectivity index (χ3n) is 17.1. The number of nitrogens with zero attached hydrogens (tertiary/aromatic N) is 7. The van der Waals surface area contributed by atoms with E-state index >= 15 is 9.59 Å². The fourth-order valence-corrected chi connectivity index (χ4v) is 11.7. The number of allylic oxidation sites excluding steroid dienone is 2. The van der Waals surface area contributed by atoms with Crippen LogP contribution in [0.15, 0.2) is 12.2 Å². The van der Waals surface area contributed by atoms with Gasteiger partial charge in [0.2, 0.25) is 65.0 Å². The standard InChI is InChI=1S/C64H113N11O12/c1-24-26-28-41(15)53(76)52-57(80)67-44(25-2)59(82)75-30-27-29-45(75)60(83)69(18)47(32-36(5)6)56(79)68-50(39(11)12)63(86)70(19)46(31-35(3)4)55(78)65-42(16)54(77)66-43(17)58(81)71(20)48(33-37(7)8)61(84)72(21)49(34-38(9)10)62(85)73(22)51(40(13)14)64(87)74(52)23/h24,26,35-53,76H,25,27-34H2,1-23H3,(H,65,78)(H,66,77)(H,67,80)(H,68,79)/b26-24+/t41-,42+,43-,44+,45-,46+,47+,48+,49+,50+,51+,52+,53-/m1/s1. The molecule has 0 unspecified atom stereocenters. The van der Waals surface area contributed by atoms with Crippen LogP contribution in [0.3, 0.4) is 0 Å². The smallest absolute Gasteiger partial charge is 0.246 e. The Labute approximate surface area is 520 Å². The monoisotopic (exact) mass is 1230 g/mol. The van der Waals surface area contributed by atoms with E-state index in [1.165, 1.54) is 85.5 Å². The summed E-state index contributed by atoms with van der Waals surface area (Å²) < 4.78 is 0. The number of amides is 11. The fourth-order valence-electron chi connectivity index (χ4n) is 11.7. The summed E-state index contributed by atoms with van der Waals surface area (Å²) in [4.78, 5) is 171. The molecule has 5 N–H and O–H groups in total. The number of aliphatic hydroxyl groups is 1. The van der Waals surface area contributed by atoms with Crippen molar-refractivity contribution in [2.75, 3.05) is 48.8 Å². The third-order valence-corrected chi connectivity index (χ3v) is 17.1. The number of carbonyl (C=O) groups excluding carboxylic acids is 11. The van der Waals surface area contributed by atoms with Gasteiger partial charge in [0.05, 0.1) is 6.10 Å². The van der Waals surface area contributed by atoms with Gasteiger partial charge in [0, 0.05) is 48.8 Å². The zero-order valence-corrected chi connectivity index (χ0v) is 57.1. The highest BCUT2D eigenvalue weighted by molar-refractivity contribution is 6.00. The van der Waals surface area contributed by atoms with Crippen molar-refractivity contribution in [2.45, 2.75) is 242 Å². The summed E-state index contributed by atoms with van der Waals surface area (Å²) in [7, 11) is 8.66. The Hall–Kier alpha value is -6.13. The van der Waals surface area contributed by atoms with Crippen molar-refractivity contribution < 1.29 is 57.8 Å². The van der Waals surface area contributed by atoms with Crippen LogP contribution in [0.5, 0.6) is 0 Å². The van der Waals surface area contributed by atoms with Gasteiger partial charge < -0.3 is 60.7 Å². The molecule has 23 nitrogen and oxygen atoms in total. The van der Waals surface area contributed by atoms with Gasteiger partial charge in [0.15, 0.2) is 0 Å². The summed E-state index contributed by atoms with van der Waals surface area (Å²) in [5.74, 6) is -9.39. The van der Waals surface area contributed by atoms with E-state index in [0.717, 1.165) is 4.90 Å². The average Bonchev–Trinajstić information content (AvgIpc) is 2.50.